The summed E-state index contributed by atoms with van der Waals surface area (Å²) in [6, 6.07) is 9.82. The van der Waals surface area contributed by atoms with E-state index < -0.39 is 6.10 Å². The normalized spacial score (nSPS) is 33.1. The van der Waals surface area contributed by atoms with Crippen LogP contribution in [0.1, 0.15) is 52.0 Å². The molecule has 2 amide bonds. The van der Waals surface area contributed by atoms with E-state index in [9.17, 15) is 14.7 Å². The molecule has 0 aromatic heterocycles. The highest BCUT2D eigenvalue weighted by molar-refractivity contribution is 5.79. The average Bonchev–Trinajstić information content (AvgIpc) is 2.76. The molecule has 178 valence electrons. The number of nitrogens with one attached hydrogen (secondary N) is 2. The lowest BCUT2D eigenvalue weighted by molar-refractivity contribution is -0.143. The maximum absolute atomic E-state index is 12.7. The molecular weight excluding hydrogens is 404 g/mol. The van der Waals surface area contributed by atoms with Crippen molar-refractivity contribution in [2.45, 2.75) is 65.0 Å². The second-order valence-electron chi connectivity index (χ2n) is 10.2. The van der Waals surface area contributed by atoms with E-state index in [0.717, 1.165) is 31.2 Å². The standard InChI is InChI=1S/C26H40N2O4/c1-17(25(31)27-14-15-32-4)20-10-12-26(3)13-11-21(18(2)23(26)24(20)30)28-22(29)16-19-8-6-5-7-9-19/h5-9,17-18,20-21,23-24,30H,10-16H2,1-4H3,(H,27,31)(H,28,29)/t17-,18+,20-,21-,23+,24-,26-/m0/s1. The fourth-order valence-corrected chi connectivity index (χ4v) is 6.17. The lowest BCUT2D eigenvalue weighted by Crippen LogP contribution is -2.58. The van der Waals surface area contributed by atoms with Gasteiger partial charge in [0.25, 0.3) is 0 Å². The van der Waals surface area contributed by atoms with Crippen LogP contribution in [0.4, 0.5) is 0 Å². The second-order valence-corrected chi connectivity index (χ2v) is 10.2. The lowest BCUT2D eigenvalue weighted by atomic mass is 9.51. The van der Waals surface area contributed by atoms with Crippen LogP contribution < -0.4 is 10.6 Å². The van der Waals surface area contributed by atoms with Crippen LogP contribution in [-0.2, 0) is 20.7 Å². The fraction of sp³-hybridized carbons (Fsp3) is 0.692. The first-order valence-electron chi connectivity index (χ1n) is 12.0. The van der Waals surface area contributed by atoms with Gasteiger partial charge in [-0.15, -0.1) is 0 Å². The third-order valence-electron chi connectivity index (χ3n) is 8.10. The summed E-state index contributed by atoms with van der Waals surface area (Å²) in [6.07, 6.45) is 3.58. The highest BCUT2D eigenvalue weighted by atomic mass is 16.5. The number of hydrogen-bond donors (Lipinski definition) is 3. The second kappa shape index (κ2) is 10.8. The van der Waals surface area contributed by atoms with Crippen LogP contribution in [0.15, 0.2) is 30.3 Å². The minimum atomic E-state index is -0.555. The number of benzene rings is 1. The zero-order chi connectivity index (χ0) is 23.3. The molecule has 0 unspecified atom stereocenters. The molecule has 0 aliphatic heterocycles. The fourth-order valence-electron chi connectivity index (χ4n) is 6.17. The van der Waals surface area contributed by atoms with E-state index in [1.807, 2.05) is 37.3 Å². The van der Waals surface area contributed by atoms with Crippen LogP contribution in [0.2, 0.25) is 0 Å². The third kappa shape index (κ3) is 5.52. The van der Waals surface area contributed by atoms with Crippen molar-refractivity contribution in [3.05, 3.63) is 35.9 Å². The van der Waals surface area contributed by atoms with Gasteiger partial charge in [-0.25, -0.2) is 0 Å². The quantitative estimate of drug-likeness (QED) is 0.538. The predicted octanol–water partition coefficient (Wildman–Crippen LogP) is 2.94. The van der Waals surface area contributed by atoms with Crippen LogP contribution in [0.25, 0.3) is 0 Å². The lowest BCUT2D eigenvalue weighted by Gasteiger charge is -2.56. The first kappa shape index (κ1) is 24.7. The Morgan fingerprint density at radius 3 is 2.59 bits per heavy atom. The zero-order valence-electron chi connectivity index (χ0n) is 20.0. The molecule has 3 rings (SSSR count). The number of hydrogen-bond acceptors (Lipinski definition) is 4. The van der Waals surface area contributed by atoms with Gasteiger partial charge in [-0.3, -0.25) is 9.59 Å². The van der Waals surface area contributed by atoms with Crippen LogP contribution in [0, 0.1) is 29.1 Å². The van der Waals surface area contributed by atoms with E-state index in [4.69, 9.17) is 4.74 Å². The van der Waals surface area contributed by atoms with Crippen molar-refractivity contribution >= 4 is 11.8 Å². The Labute approximate surface area is 192 Å². The number of fused-ring (bicyclic) bond motifs is 1. The van der Waals surface area contributed by atoms with Crippen molar-refractivity contribution in [3.63, 3.8) is 0 Å². The first-order valence-corrected chi connectivity index (χ1v) is 12.0. The highest BCUT2D eigenvalue weighted by Crippen LogP contribution is 2.55. The number of carbonyl (C=O) groups excluding carboxylic acids is 2. The van der Waals surface area contributed by atoms with Gasteiger partial charge >= 0.3 is 0 Å². The Balaban J connectivity index is 1.65. The third-order valence-corrected chi connectivity index (χ3v) is 8.10. The molecule has 2 saturated carbocycles. The largest absolute Gasteiger partial charge is 0.392 e. The van der Waals surface area contributed by atoms with Gasteiger partial charge in [-0.05, 0) is 54.4 Å². The van der Waals surface area contributed by atoms with Crippen molar-refractivity contribution in [2.75, 3.05) is 20.3 Å². The van der Waals surface area contributed by atoms with E-state index >= 15 is 0 Å². The Hall–Kier alpha value is -1.92. The number of ether oxygens (including phenoxy) is 1. The molecule has 0 bridgehead atoms. The molecule has 0 radical (unpaired) electrons. The number of amides is 2. The van der Waals surface area contributed by atoms with E-state index in [1.54, 1.807) is 7.11 Å². The van der Waals surface area contributed by atoms with Crippen molar-refractivity contribution < 1.29 is 19.4 Å². The molecular formula is C26H40N2O4. The van der Waals surface area contributed by atoms with Gasteiger partial charge in [0.1, 0.15) is 0 Å². The molecule has 2 fully saturated rings. The Morgan fingerprint density at radius 2 is 1.91 bits per heavy atom. The summed E-state index contributed by atoms with van der Waals surface area (Å²) in [5.74, 6) is -0.111. The smallest absolute Gasteiger partial charge is 0.224 e. The molecule has 2 aliphatic carbocycles. The Morgan fingerprint density at radius 1 is 1.22 bits per heavy atom. The molecule has 1 aromatic rings. The van der Waals surface area contributed by atoms with Crippen molar-refractivity contribution in [1.82, 2.24) is 10.6 Å². The molecule has 6 nitrogen and oxygen atoms in total. The topological polar surface area (TPSA) is 87.7 Å². The maximum Gasteiger partial charge on any atom is 0.224 e. The number of carbonyl (C=O) groups is 2. The van der Waals surface area contributed by atoms with E-state index in [1.165, 1.54) is 0 Å². The molecule has 0 spiro atoms. The van der Waals surface area contributed by atoms with Crippen molar-refractivity contribution in [1.29, 1.82) is 0 Å². The van der Waals surface area contributed by atoms with Crippen LogP contribution in [0.5, 0.6) is 0 Å². The maximum atomic E-state index is 12.7. The molecule has 1 aromatic carbocycles. The van der Waals surface area contributed by atoms with E-state index in [-0.39, 0.29) is 46.9 Å². The molecule has 3 N–H and O–H groups in total. The summed E-state index contributed by atoms with van der Waals surface area (Å²) in [6.45, 7) is 7.32. The number of rotatable bonds is 8. The average molecular weight is 445 g/mol. The summed E-state index contributed by atoms with van der Waals surface area (Å²) in [5, 5.41) is 17.6. The minimum Gasteiger partial charge on any atom is -0.392 e. The van der Waals surface area contributed by atoms with Gasteiger partial charge in [0.15, 0.2) is 0 Å². The molecule has 0 saturated heterocycles. The van der Waals surface area contributed by atoms with Crippen LogP contribution in [0.3, 0.4) is 0 Å². The van der Waals surface area contributed by atoms with Gasteiger partial charge in [0, 0.05) is 25.6 Å². The van der Waals surface area contributed by atoms with Crippen molar-refractivity contribution in [3.8, 4) is 0 Å². The monoisotopic (exact) mass is 444 g/mol. The van der Waals surface area contributed by atoms with E-state index in [2.05, 4.69) is 24.5 Å². The summed E-state index contributed by atoms with van der Waals surface area (Å²) < 4.78 is 5.02. The van der Waals surface area contributed by atoms with Gasteiger partial charge < -0.3 is 20.5 Å². The molecule has 7 atom stereocenters. The predicted molar refractivity (Wildman–Crippen MR) is 125 cm³/mol. The Kier molecular flexibility index (Phi) is 8.34. The number of aliphatic hydroxyl groups excluding tert-OH is 1. The summed E-state index contributed by atoms with van der Waals surface area (Å²) in [4.78, 5) is 25.3. The molecule has 2 aliphatic rings. The summed E-state index contributed by atoms with van der Waals surface area (Å²) >= 11 is 0. The summed E-state index contributed by atoms with van der Waals surface area (Å²) in [7, 11) is 1.61. The highest BCUT2D eigenvalue weighted by Gasteiger charge is 2.53. The van der Waals surface area contributed by atoms with Gasteiger partial charge in [0.2, 0.25) is 11.8 Å². The van der Waals surface area contributed by atoms with Crippen LogP contribution in [-0.4, -0.2) is 49.3 Å². The van der Waals surface area contributed by atoms with Gasteiger partial charge in [-0.1, -0.05) is 51.1 Å². The Bertz CT molecular complexity index is 770. The van der Waals surface area contributed by atoms with Crippen LogP contribution >= 0.6 is 0 Å². The summed E-state index contributed by atoms with van der Waals surface area (Å²) in [5.41, 5.74) is 1.05. The SMILES string of the molecule is COCCNC(=O)[C@@H](C)[C@@H]1CC[C@@]2(C)CC[C@H](NC(=O)Cc3ccccc3)[C@@H](C)[C@@H]2[C@H]1O. The molecule has 0 heterocycles. The van der Waals surface area contributed by atoms with Crippen molar-refractivity contribution in [2.24, 2.45) is 29.1 Å². The molecule has 6 heteroatoms. The van der Waals surface area contributed by atoms with E-state index in [0.29, 0.717) is 19.6 Å². The van der Waals surface area contributed by atoms with Gasteiger partial charge in [-0.2, -0.15) is 0 Å². The minimum absolute atomic E-state index is 0.0223. The number of aliphatic hydroxyl groups is 1. The zero-order valence-corrected chi connectivity index (χ0v) is 20.0. The molecule has 32 heavy (non-hydrogen) atoms. The van der Waals surface area contributed by atoms with Gasteiger partial charge in [0.05, 0.1) is 19.1 Å². The first-order chi connectivity index (χ1) is 15.3. The number of methoxy groups -OCH3 is 1.